The van der Waals surface area contributed by atoms with E-state index in [0.29, 0.717) is 12.2 Å². The van der Waals surface area contributed by atoms with Crippen LogP contribution in [0.25, 0.3) is 0 Å². The summed E-state index contributed by atoms with van der Waals surface area (Å²) in [5, 5.41) is 0. The van der Waals surface area contributed by atoms with Crippen LogP contribution in [0.15, 0.2) is 42.5 Å². The second-order valence-corrected chi connectivity index (χ2v) is 4.85. The minimum atomic E-state index is -4.45. The van der Waals surface area contributed by atoms with E-state index in [1.165, 1.54) is 6.07 Å². The summed E-state index contributed by atoms with van der Waals surface area (Å²) in [5.74, 6) is 0. The van der Waals surface area contributed by atoms with Gasteiger partial charge in [0.1, 0.15) is 0 Å². The first-order valence-corrected chi connectivity index (χ1v) is 6.64. The molecule has 0 spiro atoms. The quantitative estimate of drug-likeness (QED) is 0.827. The molecule has 0 radical (unpaired) electrons. The van der Waals surface area contributed by atoms with Crippen LogP contribution >= 0.6 is 0 Å². The maximum Gasteiger partial charge on any atom is 0.418 e. The Hall–Kier alpha value is -2.17. The zero-order valence-corrected chi connectivity index (χ0v) is 11.9. The Kier molecular flexibility index (Phi) is 4.11. The molecule has 0 saturated heterocycles. The molecule has 0 aromatic heterocycles. The highest BCUT2D eigenvalue weighted by molar-refractivity contribution is 5.67. The molecule has 2 aromatic rings. The Morgan fingerprint density at radius 2 is 1.57 bits per heavy atom. The van der Waals surface area contributed by atoms with Gasteiger partial charge in [-0.2, -0.15) is 13.2 Å². The number of alkyl halides is 3. The van der Waals surface area contributed by atoms with Gasteiger partial charge < -0.3 is 10.6 Å². The molecule has 0 bridgehead atoms. The summed E-state index contributed by atoms with van der Waals surface area (Å²) in [7, 11) is 0. The molecule has 0 aliphatic rings. The van der Waals surface area contributed by atoms with Crippen molar-refractivity contribution in [2.24, 2.45) is 0 Å². The molecule has 0 aliphatic carbocycles. The molecule has 2 rings (SSSR count). The molecule has 0 atom stereocenters. The summed E-state index contributed by atoms with van der Waals surface area (Å²) in [4.78, 5) is 1.81. The van der Waals surface area contributed by atoms with Gasteiger partial charge in [-0.3, -0.25) is 0 Å². The van der Waals surface area contributed by atoms with Crippen molar-refractivity contribution >= 4 is 17.1 Å². The number of nitrogens with two attached hydrogens (primary N) is 1. The number of benzene rings is 2. The van der Waals surface area contributed by atoms with Crippen LogP contribution in [0.5, 0.6) is 0 Å². The number of nitrogens with zero attached hydrogens (tertiary/aromatic N) is 1. The molecule has 2 N–H and O–H groups in total. The second kappa shape index (κ2) is 5.68. The fourth-order valence-electron chi connectivity index (χ4n) is 2.20. The number of halogens is 3. The van der Waals surface area contributed by atoms with E-state index in [2.05, 4.69) is 0 Å². The van der Waals surface area contributed by atoms with Gasteiger partial charge in [-0.15, -0.1) is 0 Å². The number of hydrogen-bond donors (Lipinski definition) is 1. The van der Waals surface area contributed by atoms with Gasteiger partial charge in [0.2, 0.25) is 0 Å². The van der Waals surface area contributed by atoms with Gasteiger partial charge in [-0.1, -0.05) is 17.7 Å². The second-order valence-electron chi connectivity index (χ2n) is 4.85. The van der Waals surface area contributed by atoms with Crippen LogP contribution in [0.3, 0.4) is 0 Å². The van der Waals surface area contributed by atoms with Gasteiger partial charge in [-0.25, -0.2) is 0 Å². The summed E-state index contributed by atoms with van der Waals surface area (Å²) in [6.07, 6.45) is -4.45. The first kappa shape index (κ1) is 15.2. The fraction of sp³-hybridized carbons (Fsp3) is 0.250. The highest BCUT2D eigenvalue weighted by Crippen LogP contribution is 2.37. The minimum Gasteiger partial charge on any atom is -0.398 e. The van der Waals surface area contributed by atoms with Crippen molar-refractivity contribution in [3.8, 4) is 0 Å². The van der Waals surface area contributed by atoms with E-state index < -0.39 is 11.7 Å². The van der Waals surface area contributed by atoms with Crippen molar-refractivity contribution in [3.63, 3.8) is 0 Å². The smallest absolute Gasteiger partial charge is 0.398 e. The zero-order chi connectivity index (χ0) is 15.6. The summed E-state index contributed by atoms with van der Waals surface area (Å²) >= 11 is 0. The van der Waals surface area contributed by atoms with Crippen molar-refractivity contribution in [3.05, 3.63) is 53.6 Å². The molecular formula is C16H17F3N2. The van der Waals surface area contributed by atoms with Gasteiger partial charge in [-0.05, 0) is 44.2 Å². The topological polar surface area (TPSA) is 29.3 Å². The van der Waals surface area contributed by atoms with E-state index in [9.17, 15) is 13.2 Å². The van der Waals surface area contributed by atoms with E-state index in [1.54, 1.807) is 6.07 Å². The standard InChI is InChI=1S/C16H17F3N2/c1-3-21(12-6-4-11(2)5-7-12)13-8-9-15(20)14(10-13)16(17,18)19/h4-10H,3,20H2,1-2H3. The Balaban J connectivity index is 2.46. The summed E-state index contributed by atoms with van der Waals surface area (Å²) in [6, 6.07) is 11.6. The molecule has 0 heterocycles. The Morgan fingerprint density at radius 1 is 1.00 bits per heavy atom. The van der Waals surface area contributed by atoms with E-state index in [-0.39, 0.29) is 5.69 Å². The van der Waals surface area contributed by atoms with Crippen molar-refractivity contribution < 1.29 is 13.2 Å². The predicted molar refractivity (Wildman–Crippen MR) is 79.7 cm³/mol. The zero-order valence-electron chi connectivity index (χ0n) is 11.9. The van der Waals surface area contributed by atoms with Crippen LogP contribution in [0, 0.1) is 6.92 Å². The van der Waals surface area contributed by atoms with E-state index in [4.69, 9.17) is 5.73 Å². The van der Waals surface area contributed by atoms with Crippen LogP contribution in [-0.2, 0) is 6.18 Å². The number of hydrogen-bond acceptors (Lipinski definition) is 2. The van der Waals surface area contributed by atoms with Crippen LogP contribution in [0.2, 0.25) is 0 Å². The number of rotatable bonds is 3. The average molecular weight is 294 g/mol. The molecular weight excluding hydrogens is 277 g/mol. The molecule has 0 unspecified atom stereocenters. The van der Waals surface area contributed by atoms with E-state index in [1.807, 2.05) is 43.0 Å². The third kappa shape index (κ3) is 3.29. The van der Waals surface area contributed by atoms with Crippen molar-refractivity contribution in [2.75, 3.05) is 17.2 Å². The Labute approximate surface area is 122 Å². The predicted octanol–water partition coefficient (Wildman–Crippen LogP) is 4.75. The SMILES string of the molecule is CCN(c1ccc(C)cc1)c1ccc(N)c(C(F)(F)F)c1. The molecule has 21 heavy (non-hydrogen) atoms. The summed E-state index contributed by atoms with van der Waals surface area (Å²) in [5.41, 5.74) is 6.80. The molecule has 2 aromatic carbocycles. The van der Waals surface area contributed by atoms with Crippen LogP contribution in [0.4, 0.5) is 30.2 Å². The molecule has 0 fully saturated rings. The minimum absolute atomic E-state index is 0.258. The monoisotopic (exact) mass is 294 g/mol. The molecule has 0 amide bonds. The molecule has 5 heteroatoms. The molecule has 2 nitrogen and oxygen atoms in total. The number of anilines is 3. The van der Waals surface area contributed by atoms with E-state index in [0.717, 1.165) is 17.3 Å². The lowest BCUT2D eigenvalue weighted by Crippen LogP contribution is -2.17. The third-order valence-electron chi connectivity index (χ3n) is 3.32. The molecule has 0 aliphatic heterocycles. The Bertz CT molecular complexity index is 618. The van der Waals surface area contributed by atoms with Gasteiger partial charge >= 0.3 is 6.18 Å². The average Bonchev–Trinajstić information content (AvgIpc) is 2.42. The van der Waals surface area contributed by atoms with Gasteiger partial charge in [0.15, 0.2) is 0 Å². The van der Waals surface area contributed by atoms with E-state index >= 15 is 0 Å². The third-order valence-corrected chi connectivity index (χ3v) is 3.32. The van der Waals surface area contributed by atoms with Crippen LogP contribution < -0.4 is 10.6 Å². The fourth-order valence-corrected chi connectivity index (χ4v) is 2.20. The Morgan fingerprint density at radius 3 is 2.10 bits per heavy atom. The molecule has 0 saturated carbocycles. The highest BCUT2D eigenvalue weighted by Gasteiger charge is 2.33. The maximum atomic E-state index is 13.0. The van der Waals surface area contributed by atoms with Gasteiger partial charge in [0.25, 0.3) is 0 Å². The van der Waals surface area contributed by atoms with Crippen molar-refractivity contribution in [2.45, 2.75) is 20.0 Å². The summed E-state index contributed by atoms with van der Waals surface area (Å²) < 4.78 is 38.9. The first-order chi connectivity index (χ1) is 9.82. The van der Waals surface area contributed by atoms with Crippen molar-refractivity contribution in [1.29, 1.82) is 0 Å². The van der Waals surface area contributed by atoms with Crippen LogP contribution in [0.1, 0.15) is 18.1 Å². The largest absolute Gasteiger partial charge is 0.418 e. The lowest BCUT2D eigenvalue weighted by atomic mass is 10.1. The van der Waals surface area contributed by atoms with Gasteiger partial charge in [0, 0.05) is 23.6 Å². The lowest BCUT2D eigenvalue weighted by Gasteiger charge is -2.25. The van der Waals surface area contributed by atoms with Crippen LogP contribution in [-0.4, -0.2) is 6.54 Å². The van der Waals surface area contributed by atoms with Crippen molar-refractivity contribution in [1.82, 2.24) is 0 Å². The summed E-state index contributed by atoms with van der Waals surface area (Å²) in [6.45, 7) is 4.42. The molecule has 112 valence electrons. The highest BCUT2D eigenvalue weighted by atomic mass is 19.4. The number of aryl methyl sites for hydroxylation is 1. The normalized spacial score (nSPS) is 11.5. The maximum absolute atomic E-state index is 13.0. The van der Waals surface area contributed by atoms with Gasteiger partial charge in [0.05, 0.1) is 5.56 Å². The first-order valence-electron chi connectivity index (χ1n) is 6.64. The number of nitrogen functional groups attached to an aromatic ring is 1. The lowest BCUT2D eigenvalue weighted by molar-refractivity contribution is -0.136.